The Kier molecular flexibility index (Phi) is 5.31. The minimum absolute atomic E-state index is 0.0661. The molecule has 0 saturated heterocycles. The van der Waals surface area contributed by atoms with Crippen LogP contribution >= 0.6 is 11.6 Å². The zero-order valence-electron chi connectivity index (χ0n) is 10.2. The number of aromatic nitrogens is 2. The molecular formula is C11H16ClN3O2. The van der Waals surface area contributed by atoms with Crippen molar-refractivity contribution in [1.29, 1.82) is 0 Å². The number of nitrogens with zero attached hydrogens (tertiary/aromatic N) is 2. The van der Waals surface area contributed by atoms with Gasteiger partial charge in [-0.15, -0.1) is 0 Å². The standard InChI is InChI=1S/C11H16ClN3O2/c1-4-8-9(5-16)14-11(12)15-10(8)13-7(2)6-17-3/h5,7H,4,6H2,1-3H3,(H,13,14,15)/t7-/m1/s1. The van der Waals surface area contributed by atoms with Crippen LogP contribution in [0.25, 0.3) is 0 Å². The summed E-state index contributed by atoms with van der Waals surface area (Å²) >= 11 is 5.77. The van der Waals surface area contributed by atoms with Crippen molar-refractivity contribution in [1.82, 2.24) is 9.97 Å². The average Bonchev–Trinajstić information content (AvgIpc) is 2.28. The van der Waals surface area contributed by atoms with Crippen LogP contribution in [-0.4, -0.2) is 36.0 Å². The van der Waals surface area contributed by atoms with Gasteiger partial charge in [0.2, 0.25) is 5.28 Å². The van der Waals surface area contributed by atoms with Crippen LogP contribution in [0.15, 0.2) is 0 Å². The number of rotatable bonds is 6. The quantitative estimate of drug-likeness (QED) is 0.623. The van der Waals surface area contributed by atoms with Crippen LogP contribution in [0, 0.1) is 0 Å². The Hall–Kier alpha value is -1.20. The molecule has 0 unspecified atom stereocenters. The summed E-state index contributed by atoms with van der Waals surface area (Å²) in [6.07, 6.45) is 1.35. The van der Waals surface area contributed by atoms with Crippen LogP contribution in [0.3, 0.4) is 0 Å². The number of methoxy groups -OCH3 is 1. The Morgan fingerprint density at radius 3 is 2.76 bits per heavy atom. The molecule has 1 rings (SSSR count). The van der Waals surface area contributed by atoms with Crippen LogP contribution in [0.1, 0.15) is 29.9 Å². The maximum Gasteiger partial charge on any atom is 0.225 e. The van der Waals surface area contributed by atoms with Crippen molar-refractivity contribution in [2.45, 2.75) is 26.3 Å². The van der Waals surface area contributed by atoms with Crippen molar-refractivity contribution in [3.8, 4) is 0 Å². The minimum atomic E-state index is 0.0661. The van der Waals surface area contributed by atoms with E-state index in [1.807, 2.05) is 13.8 Å². The molecule has 1 aromatic rings. The molecule has 0 amide bonds. The summed E-state index contributed by atoms with van der Waals surface area (Å²) in [5.41, 5.74) is 1.10. The van der Waals surface area contributed by atoms with Gasteiger partial charge in [-0.05, 0) is 24.9 Å². The van der Waals surface area contributed by atoms with Crippen LogP contribution in [-0.2, 0) is 11.2 Å². The van der Waals surface area contributed by atoms with Gasteiger partial charge in [-0.3, -0.25) is 4.79 Å². The molecule has 1 atom stereocenters. The highest BCUT2D eigenvalue weighted by molar-refractivity contribution is 6.28. The summed E-state index contributed by atoms with van der Waals surface area (Å²) in [4.78, 5) is 18.9. The van der Waals surface area contributed by atoms with Gasteiger partial charge in [-0.25, -0.2) is 9.97 Å². The lowest BCUT2D eigenvalue weighted by Crippen LogP contribution is -2.23. The minimum Gasteiger partial charge on any atom is -0.383 e. The zero-order valence-corrected chi connectivity index (χ0v) is 10.9. The molecule has 1 aromatic heterocycles. The van der Waals surface area contributed by atoms with E-state index in [0.29, 0.717) is 30.8 Å². The van der Waals surface area contributed by atoms with Crippen molar-refractivity contribution in [2.24, 2.45) is 0 Å². The second-order valence-electron chi connectivity index (χ2n) is 3.68. The Bertz CT molecular complexity index is 399. The molecular weight excluding hydrogens is 242 g/mol. The highest BCUT2D eigenvalue weighted by Crippen LogP contribution is 2.19. The first-order valence-electron chi connectivity index (χ1n) is 5.39. The van der Waals surface area contributed by atoms with E-state index in [9.17, 15) is 4.79 Å². The summed E-state index contributed by atoms with van der Waals surface area (Å²) in [5, 5.41) is 3.22. The number of ether oxygens (including phenoxy) is 1. The summed E-state index contributed by atoms with van der Waals surface area (Å²) < 4.78 is 5.03. The van der Waals surface area contributed by atoms with E-state index in [4.69, 9.17) is 16.3 Å². The predicted octanol–water partition coefficient (Wildman–Crippen LogP) is 1.95. The Balaban J connectivity index is 3.04. The number of carbonyl (C=O) groups excluding carboxylic acids is 1. The van der Waals surface area contributed by atoms with E-state index in [2.05, 4.69) is 15.3 Å². The molecule has 0 radical (unpaired) electrons. The molecule has 17 heavy (non-hydrogen) atoms. The highest BCUT2D eigenvalue weighted by Gasteiger charge is 2.13. The molecule has 0 aliphatic heterocycles. The first-order valence-corrected chi connectivity index (χ1v) is 5.77. The third kappa shape index (κ3) is 3.64. The van der Waals surface area contributed by atoms with E-state index in [1.54, 1.807) is 7.11 Å². The second kappa shape index (κ2) is 6.51. The fourth-order valence-corrected chi connectivity index (χ4v) is 1.74. The Morgan fingerprint density at radius 2 is 2.24 bits per heavy atom. The molecule has 5 nitrogen and oxygen atoms in total. The van der Waals surface area contributed by atoms with Gasteiger partial charge >= 0.3 is 0 Å². The first kappa shape index (κ1) is 13.9. The molecule has 0 fully saturated rings. The molecule has 0 saturated carbocycles. The molecule has 1 N–H and O–H groups in total. The largest absolute Gasteiger partial charge is 0.383 e. The monoisotopic (exact) mass is 257 g/mol. The lowest BCUT2D eigenvalue weighted by atomic mass is 10.1. The van der Waals surface area contributed by atoms with Gasteiger partial charge in [0.1, 0.15) is 11.5 Å². The van der Waals surface area contributed by atoms with Gasteiger partial charge in [0.25, 0.3) is 0 Å². The van der Waals surface area contributed by atoms with Gasteiger partial charge in [0.05, 0.1) is 6.61 Å². The van der Waals surface area contributed by atoms with E-state index < -0.39 is 0 Å². The Morgan fingerprint density at radius 1 is 1.53 bits per heavy atom. The number of hydrogen-bond donors (Lipinski definition) is 1. The van der Waals surface area contributed by atoms with Crippen molar-refractivity contribution in [2.75, 3.05) is 19.0 Å². The number of aldehydes is 1. The number of nitrogens with one attached hydrogen (secondary N) is 1. The van der Waals surface area contributed by atoms with Crippen LogP contribution in [0.5, 0.6) is 0 Å². The van der Waals surface area contributed by atoms with E-state index >= 15 is 0 Å². The predicted molar refractivity (Wildman–Crippen MR) is 66.8 cm³/mol. The third-order valence-corrected chi connectivity index (χ3v) is 2.45. The molecule has 0 bridgehead atoms. The molecule has 0 aromatic carbocycles. The highest BCUT2D eigenvalue weighted by atomic mass is 35.5. The molecule has 1 heterocycles. The van der Waals surface area contributed by atoms with Crippen LogP contribution < -0.4 is 5.32 Å². The maximum atomic E-state index is 10.9. The van der Waals surface area contributed by atoms with Crippen LogP contribution in [0.2, 0.25) is 5.28 Å². The molecule has 0 spiro atoms. The number of hydrogen-bond acceptors (Lipinski definition) is 5. The number of carbonyl (C=O) groups is 1. The lowest BCUT2D eigenvalue weighted by Gasteiger charge is -2.16. The topological polar surface area (TPSA) is 64.1 Å². The van der Waals surface area contributed by atoms with Gasteiger partial charge in [0.15, 0.2) is 6.29 Å². The molecule has 0 aliphatic rings. The fourth-order valence-electron chi connectivity index (χ4n) is 1.56. The lowest BCUT2D eigenvalue weighted by molar-refractivity contribution is 0.111. The van der Waals surface area contributed by atoms with Crippen LogP contribution in [0.4, 0.5) is 5.82 Å². The fraction of sp³-hybridized carbons (Fsp3) is 0.545. The van der Waals surface area contributed by atoms with Gasteiger partial charge in [0, 0.05) is 18.7 Å². The Labute approximate surface area is 106 Å². The summed E-state index contributed by atoms with van der Waals surface area (Å²) in [7, 11) is 1.63. The molecule has 0 aliphatic carbocycles. The van der Waals surface area contributed by atoms with E-state index in [-0.39, 0.29) is 11.3 Å². The first-order chi connectivity index (χ1) is 8.12. The van der Waals surface area contributed by atoms with Crippen molar-refractivity contribution in [3.05, 3.63) is 16.5 Å². The molecule has 6 heteroatoms. The van der Waals surface area contributed by atoms with Crippen molar-refractivity contribution in [3.63, 3.8) is 0 Å². The van der Waals surface area contributed by atoms with E-state index in [0.717, 1.165) is 5.56 Å². The maximum absolute atomic E-state index is 10.9. The van der Waals surface area contributed by atoms with Gasteiger partial charge in [-0.1, -0.05) is 6.92 Å². The van der Waals surface area contributed by atoms with Gasteiger partial charge < -0.3 is 10.1 Å². The zero-order chi connectivity index (χ0) is 12.8. The van der Waals surface area contributed by atoms with Crippen molar-refractivity contribution >= 4 is 23.7 Å². The number of anilines is 1. The summed E-state index contributed by atoms with van der Waals surface area (Å²) in [5.74, 6) is 0.596. The SMILES string of the molecule is CCc1c(C=O)nc(Cl)nc1N[C@H](C)COC. The van der Waals surface area contributed by atoms with E-state index in [1.165, 1.54) is 0 Å². The average molecular weight is 258 g/mol. The number of halogens is 1. The summed E-state index contributed by atoms with van der Waals surface area (Å²) in [6, 6.07) is 0.0794. The van der Waals surface area contributed by atoms with Crippen molar-refractivity contribution < 1.29 is 9.53 Å². The van der Waals surface area contributed by atoms with Gasteiger partial charge in [-0.2, -0.15) is 0 Å². The smallest absolute Gasteiger partial charge is 0.225 e. The second-order valence-corrected chi connectivity index (χ2v) is 4.02. The molecule has 94 valence electrons. The normalized spacial score (nSPS) is 12.2. The summed E-state index contributed by atoms with van der Waals surface area (Å²) in [6.45, 7) is 4.44. The third-order valence-electron chi connectivity index (χ3n) is 2.28.